The van der Waals surface area contributed by atoms with Crippen molar-refractivity contribution in [1.82, 2.24) is 5.32 Å². The van der Waals surface area contributed by atoms with E-state index in [0.29, 0.717) is 19.4 Å². The number of nitrogens with two attached hydrogens (primary N) is 1. The Morgan fingerprint density at radius 2 is 2.18 bits per heavy atom. The second-order valence-corrected chi connectivity index (χ2v) is 4.94. The summed E-state index contributed by atoms with van der Waals surface area (Å²) in [4.78, 5) is 22.3. The quantitative estimate of drug-likeness (QED) is 0.599. The topological polar surface area (TPSA) is 92.4 Å². The second-order valence-electron chi connectivity index (χ2n) is 4.94. The van der Waals surface area contributed by atoms with Gasteiger partial charge in [0, 0.05) is 18.5 Å². The summed E-state index contributed by atoms with van der Waals surface area (Å²) in [5.74, 6) is -0.993. The van der Waals surface area contributed by atoms with Crippen LogP contribution in [0.25, 0.3) is 0 Å². The first-order chi connectivity index (χ1) is 8.00. The number of carboxylic acid groups (broad SMARTS) is 1. The maximum absolute atomic E-state index is 11.7. The fourth-order valence-electron chi connectivity index (χ4n) is 2.14. The van der Waals surface area contributed by atoms with Gasteiger partial charge in [0.2, 0.25) is 5.91 Å². The monoisotopic (exact) mass is 242 g/mol. The minimum absolute atomic E-state index is 0.0573. The molecule has 0 saturated heterocycles. The van der Waals surface area contributed by atoms with Crippen LogP contribution in [0.5, 0.6) is 0 Å². The molecule has 1 rings (SSSR count). The van der Waals surface area contributed by atoms with Gasteiger partial charge in [-0.15, -0.1) is 0 Å². The van der Waals surface area contributed by atoms with Gasteiger partial charge in [-0.2, -0.15) is 0 Å². The van der Waals surface area contributed by atoms with E-state index in [-0.39, 0.29) is 23.8 Å². The summed E-state index contributed by atoms with van der Waals surface area (Å²) in [6.07, 6.45) is 3.88. The van der Waals surface area contributed by atoms with E-state index in [4.69, 9.17) is 10.8 Å². The van der Waals surface area contributed by atoms with Gasteiger partial charge >= 0.3 is 5.97 Å². The number of hydrogen-bond acceptors (Lipinski definition) is 3. The molecule has 0 aromatic heterocycles. The normalized spacial score (nSPS) is 25.5. The molecule has 0 aromatic carbocycles. The summed E-state index contributed by atoms with van der Waals surface area (Å²) >= 11 is 0. The van der Waals surface area contributed by atoms with Gasteiger partial charge in [0.15, 0.2) is 0 Å². The van der Waals surface area contributed by atoms with E-state index in [0.717, 1.165) is 19.3 Å². The van der Waals surface area contributed by atoms with Gasteiger partial charge in [0.25, 0.3) is 0 Å². The number of aliphatic carboxylic acids is 1. The SMILES string of the molecule is CC(CCCNC(=O)C1CCC(N)C1)C(=O)O. The van der Waals surface area contributed by atoms with E-state index in [1.54, 1.807) is 6.92 Å². The Labute approximate surface area is 102 Å². The molecule has 5 heteroatoms. The van der Waals surface area contributed by atoms with Crippen molar-refractivity contribution in [3.8, 4) is 0 Å². The van der Waals surface area contributed by atoms with Crippen molar-refractivity contribution >= 4 is 11.9 Å². The number of rotatable bonds is 6. The Bertz CT molecular complexity index is 281. The molecule has 0 bridgehead atoms. The lowest BCUT2D eigenvalue weighted by Crippen LogP contribution is -2.31. The van der Waals surface area contributed by atoms with Crippen LogP contribution >= 0.6 is 0 Å². The van der Waals surface area contributed by atoms with Crippen LogP contribution in [0.3, 0.4) is 0 Å². The Morgan fingerprint density at radius 1 is 1.47 bits per heavy atom. The molecule has 1 saturated carbocycles. The number of carbonyl (C=O) groups is 2. The number of nitrogens with one attached hydrogen (secondary N) is 1. The Balaban J connectivity index is 2.10. The van der Waals surface area contributed by atoms with Crippen LogP contribution in [0.1, 0.15) is 39.0 Å². The average Bonchev–Trinajstić information content (AvgIpc) is 2.70. The second kappa shape index (κ2) is 6.59. The molecule has 17 heavy (non-hydrogen) atoms. The number of carboxylic acids is 1. The van der Waals surface area contributed by atoms with Crippen molar-refractivity contribution in [3.05, 3.63) is 0 Å². The van der Waals surface area contributed by atoms with E-state index in [2.05, 4.69) is 5.32 Å². The molecule has 0 heterocycles. The summed E-state index contributed by atoms with van der Waals surface area (Å²) in [6, 6.07) is 0.165. The van der Waals surface area contributed by atoms with Crippen molar-refractivity contribution in [1.29, 1.82) is 0 Å². The molecule has 3 unspecified atom stereocenters. The zero-order chi connectivity index (χ0) is 12.8. The van der Waals surface area contributed by atoms with Crippen LogP contribution in [-0.2, 0) is 9.59 Å². The van der Waals surface area contributed by atoms with Crippen LogP contribution < -0.4 is 11.1 Å². The third-order valence-corrected chi connectivity index (χ3v) is 3.38. The van der Waals surface area contributed by atoms with E-state index in [1.807, 2.05) is 0 Å². The molecule has 1 aliphatic carbocycles. The summed E-state index contributed by atoms with van der Waals surface area (Å²) in [7, 11) is 0. The molecular formula is C12H22N2O3. The highest BCUT2D eigenvalue weighted by Gasteiger charge is 2.27. The van der Waals surface area contributed by atoms with Crippen molar-refractivity contribution in [2.45, 2.75) is 45.1 Å². The van der Waals surface area contributed by atoms with Gasteiger partial charge in [-0.3, -0.25) is 9.59 Å². The first-order valence-electron chi connectivity index (χ1n) is 6.26. The van der Waals surface area contributed by atoms with E-state index < -0.39 is 5.97 Å². The van der Waals surface area contributed by atoms with Crippen molar-refractivity contribution in [2.24, 2.45) is 17.6 Å². The van der Waals surface area contributed by atoms with Gasteiger partial charge < -0.3 is 16.2 Å². The molecule has 1 fully saturated rings. The predicted molar refractivity (Wildman–Crippen MR) is 64.4 cm³/mol. The average molecular weight is 242 g/mol. The minimum atomic E-state index is -0.780. The fraction of sp³-hybridized carbons (Fsp3) is 0.833. The van der Waals surface area contributed by atoms with Crippen LogP contribution in [0, 0.1) is 11.8 Å². The van der Waals surface area contributed by atoms with Crippen LogP contribution in [0.15, 0.2) is 0 Å². The minimum Gasteiger partial charge on any atom is -0.481 e. The van der Waals surface area contributed by atoms with Crippen LogP contribution in [0.2, 0.25) is 0 Å². The van der Waals surface area contributed by atoms with Crippen LogP contribution in [-0.4, -0.2) is 29.6 Å². The molecule has 98 valence electrons. The van der Waals surface area contributed by atoms with Crippen molar-refractivity contribution < 1.29 is 14.7 Å². The third-order valence-electron chi connectivity index (χ3n) is 3.38. The zero-order valence-corrected chi connectivity index (χ0v) is 10.3. The Kier molecular flexibility index (Phi) is 5.41. The lowest BCUT2D eigenvalue weighted by atomic mass is 10.1. The first-order valence-corrected chi connectivity index (χ1v) is 6.26. The standard InChI is InChI=1S/C12H22N2O3/c1-8(12(16)17)3-2-6-14-11(15)9-4-5-10(13)7-9/h8-10H,2-7,13H2,1H3,(H,14,15)(H,16,17). The smallest absolute Gasteiger partial charge is 0.306 e. The molecule has 4 N–H and O–H groups in total. The predicted octanol–water partition coefficient (Wildman–Crippen LogP) is 0.731. The number of hydrogen-bond donors (Lipinski definition) is 3. The largest absolute Gasteiger partial charge is 0.481 e. The Hall–Kier alpha value is -1.10. The summed E-state index contributed by atoms with van der Waals surface area (Å²) < 4.78 is 0. The van der Waals surface area contributed by atoms with E-state index in [9.17, 15) is 9.59 Å². The summed E-state index contributed by atoms with van der Waals surface area (Å²) in [6.45, 7) is 2.24. The Morgan fingerprint density at radius 3 is 2.71 bits per heavy atom. The molecule has 0 spiro atoms. The van der Waals surface area contributed by atoms with Gasteiger partial charge in [-0.1, -0.05) is 6.92 Å². The summed E-state index contributed by atoms with van der Waals surface area (Å²) in [5.41, 5.74) is 5.75. The maximum atomic E-state index is 11.7. The maximum Gasteiger partial charge on any atom is 0.306 e. The third kappa shape index (κ3) is 4.73. The number of carbonyl (C=O) groups excluding carboxylic acids is 1. The molecule has 5 nitrogen and oxygen atoms in total. The fourth-order valence-corrected chi connectivity index (χ4v) is 2.14. The highest BCUT2D eigenvalue weighted by molar-refractivity contribution is 5.79. The van der Waals surface area contributed by atoms with Gasteiger partial charge in [0.1, 0.15) is 0 Å². The molecular weight excluding hydrogens is 220 g/mol. The van der Waals surface area contributed by atoms with E-state index >= 15 is 0 Å². The molecule has 3 atom stereocenters. The lowest BCUT2D eigenvalue weighted by Gasteiger charge is -2.11. The van der Waals surface area contributed by atoms with Gasteiger partial charge in [-0.25, -0.2) is 0 Å². The highest BCUT2D eigenvalue weighted by atomic mass is 16.4. The zero-order valence-electron chi connectivity index (χ0n) is 10.3. The lowest BCUT2D eigenvalue weighted by molar-refractivity contribution is -0.141. The molecule has 1 amide bonds. The molecule has 0 aromatic rings. The van der Waals surface area contributed by atoms with Crippen molar-refractivity contribution in [3.63, 3.8) is 0 Å². The summed E-state index contributed by atoms with van der Waals surface area (Å²) in [5, 5.41) is 11.5. The van der Waals surface area contributed by atoms with Gasteiger partial charge in [-0.05, 0) is 32.1 Å². The first kappa shape index (κ1) is 14.0. The van der Waals surface area contributed by atoms with E-state index in [1.165, 1.54) is 0 Å². The van der Waals surface area contributed by atoms with Crippen LogP contribution in [0.4, 0.5) is 0 Å². The molecule has 0 aliphatic heterocycles. The highest BCUT2D eigenvalue weighted by Crippen LogP contribution is 2.23. The van der Waals surface area contributed by atoms with Gasteiger partial charge in [0.05, 0.1) is 5.92 Å². The number of amides is 1. The van der Waals surface area contributed by atoms with Crippen molar-refractivity contribution in [2.75, 3.05) is 6.54 Å². The molecule has 1 aliphatic rings. The molecule has 0 radical (unpaired) electrons.